The number of rotatable bonds is 4. The zero-order chi connectivity index (χ0) is 16.2. The van der Waals surface area contributed by atoms with Gasteiger partial charge in [-0.05, 0) is 24.8 Å². The van der Waals surface area contributed by atoms with Crippen molar-refractivity contribution in [3.8, 4) is 0 Å². The van der Waals surface area contributed by atoms with Crippen LogP contribution in [0.1, 0.15) is 38.9 Å². The van der Waals surface area contributed by atoms with Crippen molar-refractivity contribution in [1.82, 2.24) is 10.2 Å². The molecule has 1 fully saturated rings. The molecule has 1 atom stereocenters. The molecule has 1 unspecified atom stereocenters. The van der Waals surface area contributed by atoms with Crippen LogP contribution in [0.2, 0.25) is 0 Å². The zero-order valence-electron chi connectivity index (χ0n) is 13.6. The molecule has 0 bridgehead atoms. The molecule has 22 heavy (non-hydrogen) atoms. The summed E-state index contributed by atoms with van der Waals surface area (Å²) in [6.45, 7) is 9.31. The van der Waals surface area contributed by atoms with Gasteiger partial charge in [0.1, 0.15) is 11.9 Å². The Hall–Kier alpha value is -1.62. The average Bonchev–Trinajstić information content (AvgIpc) is 2.83. The van der Waals surface area contributed by atoms with E-state index in [1.807, 2.05) is 6.92 Å². The predicted octanol–water partition coefficient (Wildman–Crippen LogP) is 2.56. The highest BCUT2D eigenvalue weighted by molar-refractivity contribution is 5.80. The van der Waals surface area contributed by atoms with Crippen LogP contribution < -0.4 is 5.32 Å². The van der Waals surface area contributed by atoms with Crippen molar-refractivity contribution in [2.45, 2.75) is 33.3 Å². The third-order valence-electron chi connectivity index (χ3n) is 3.99. The molecule has 0 spiro atoms. The normalized spacial score (nSPS) is 19.3. The Kier molecular flexibility index (Phi) is 5.40. The lowest BCUT2D eigenvalue weighted by molar-refractivity contribution is 0.181. The van der Waals surface area contributed by atoms with Gasteiger partial charge in [-0.1, -0.05) is 32.0 Å². The van der Waals surface area contributed by atoms with E-state index in [9.17, 15) is 9.50 Å². The third-order valence-corrected chi connectivity index (χ3v) is 3.99. The Balaban J connectivity index is 2.06. The quantitative estimate of drug-likeness (QED) is 0.664. The Morgan fingerprint density at radius 1 is 1.45 bits per heavy atom. The van der Waals surface area contributed by atoms with Crippen molar-refractivity contribution >= 4 is 5.96 Å². The van der Waals surface area contributed by atoms with Crippen molar-refractivity contribution in [2.24, 2.45) is 10.4 Å². The average molecular weight is 307 g/mol. The van der Waals surface area contributed by atoms with Gasteiger partial charge in [-0.15, -0.1) is 0 Å². The van der Waals surface area contributed by atoms with Crippen LogP contribution in [-0.2, 0) is 0 Å². The largest absolute Gasteiger partial charge is 0.386 e. The number of nitrogens with one attached hydrogen (secondary N) is 1. The van der Waals surface area contributed by atoms with Crippen LogP contribution in [0.3, 0.4) is 0 Å². The fourth-order valence-corrected chi connectivity index (χ4v) is 2.74. The predicted molar refractivity (Wildman–Crippen MR) is 87.3 cm³/mol. The second-order valence-electron chi connectivity index (χ2n) is 6.57. The molecule has 2 N–H and O–H groups in total. The first kappa shape index (κ1) is 16.7. The van der Waals surface area contributed by atoms with E-state index in [0.717, 1.165) is 32.0 Å². The number of guanidine groups is 1. The molecular formula is C17H26FN3O. The highest BCUT2D eigenvalue weighted by atomic mass is 19.1. The summed E-state index contributed by atoms with van der Waals surface area (Å²) < 4.78 is 13.7. The Morgan fingerprint density at radius 3 is 2.77 bits per heavy atom. The van der Waals surface area contributed by atoms with Gasteiger partial charge in [0, 0.05) is 25.2 Å². The first-order valence-electron chi connectivity index (χ1n) is 7.89. The number of benzene rings is 1. The number of aliphatic imine (C=N–C) groups is 1. The lowest BCUT2D eigenvalue weighted by Crippen LogP contribution is -2.41. The van der Waals surface area contributed by atoms with Gasteiger partial charge >= 0.3 is 0 Å². The minimum Gasteiger partial charge on any atom is -0.386 e. The molecule has 0 aromatic heterocycles. The molecule has 2 rings (SSSR count). The van der Waals surface area contributed by atoms with E-state index < -0.39 is 11.9 Å². The van der Waals surface area contributed by atoms with Gasteiger partial charge in [0.15, 0.2) is 5.96 Å². The van der Waals surface area contributed by atoms with E-state index in [1.165, 1.54) is 6.07 Å². The van der Waals surface area contributed by atoms with E-state index in [2.05, 4.69) is 29.1 Å². The smallest absolute Gasteiger partial charge is 0.194 e. The fourth-order valence-electron chi connectivity index (χ4n) is 2.74. The summed E-state index contributed by atoms with van der Waals surface area (Å²) >= 11 is 0. The summed E-state index contributed by atoms with van der Waals surface area (Å²) in [5, 5.41) is 13.4. The zero-order valence-corrected chi connectivity index (χ0v) is 13.6. The van der Waals surface area contributed by atoms with Crippen molar-refractivity contribution in [2.75, 3.05) is 26.2 Å². The van der Waals surface area contributed by atoms with E-state index in [0.29, 0.717) is 5.56 Å². The highest BCUT2D eigenvalue weighted by Crippen LogP contribution is 2.28. The summed E-state index contributed by atoms with van der Waals surface area (Å²) in [6.07, 6.45) is 0.193. The second kappa shape index (κ2) is 7.09. The summed E-state index contributed by atoms with van der Waals surface area (Å²) in [4.78, 5) is 6.70. The molecule has 1 aromatic carbocycles. The van der Waals surface area contributed by atoms with Crippen LogP contribution in [0.4, 0.5) is 4.39 Å². The molecule has 1 aromatic rings. The molecule has 5 heteroatoms. The third kappa shape index (κ3) is 4.19. The number of aliphatic hydroxyl groups excluding tert-OH is 1. The maximum Gasteiger partial charge on any atom is 0.194 e. The van der Waals surface area contributed by atoms with Gasteiger partial charge in [0.2, 0.25) is 0 Å². The SMILES string of the molecule is CCNC(=NCC(O)c1ccccc1F)N1CCC(C)(C)C1. The lowest BCUT2D eigenvalue weighted by Gasteiger charge is -2.24. The number of nitrogens with zero attached hydrogens (tertiary/aromatic N) is 2. The first-order valence-corrected chi connectivity index (χ1v) is 7.89. The van der Waals surface area contributed by atoms with Gasteiger partial charge < -0.3 is 15.3 Å². The molecule has 1 aliphatic heterocycles. The van der Waals surface area contributed by atoms with Crippen molar-refractivity contribution in [3.63, 3.8) is 0 Å². The molecule has 0 aliphatic carbocycles. The van der Waals surface area contributed by atoms with Gasteiger partial charge in [-0.25, -0.2) is 4.39 Å². The van der Waals surface area contributed by atoms with Crippen molar-refractivity contribution in [3.05, 3.63) is 35.6 Å². The maximum absolute atomic E-state index is 13.7. The fraction of sp³-hybridized carbons (Fsp3) is 0.588. The topological polar surface area (TPSA) is 47.9 Å². The van der Waals surface area contributed by atoms with Crippen molar-refractivity contribution < 1.29 is 9.50 Å². The molecule has 0 saturated carbocycles. The summed E-state index contributed by atoms with van der Waals surface area (Å²) in [6, 6.07) is 6.29. The monoisotopic (exact) mass is 307 g/mol. The number of hydrogen-bond acceptors (Lipinski definition) is 2. The van der Waals surface area contributed by atoms with Gasteiger partial charge in [0.25, 0.3) is 0 Å². The van der Waals surface area contributed by atoms with E-state index in [4.69, 9.17) is 0 Å². The van der Waals surface area contributed by atoms with Gasteiger partial charge in [-0.2, -0.15) is 0 Å². The Labute approximate surface area is 132 Å². The van der Waals surface area contributed by atoms with Crippen LogP contribution in [0.5, 0.6) is 0 Å². The van der Waals surface area contributed by atoms with E-state index in [-0.39, 0.29) is 12.0 Å². The summed E-state index contributed by atoms with van der Waals surface area (Å²) in [5.41, 5.74) is 0.573. The standard InChI is InChI=1S/C17H26FN3O/c1-4-19-16(21-10-9-17(2,3)12-21)20-11-15(22)13-7-5-6-8-14(13)18/h5-8,15,22H,4,9-12H2,1-3H3,(H,19,20). The van der Waals surface area contributed by atoms with Crippen molar-refractivity contribution in [1.29, 1.82) is 0 Å². The number of aliphatic hydroxyl groups is 1. The Bertz CT molecular complexity index is 530. The first-order chi connectivity index (χ1) is 10.4. The minimum atomic E-state index is -0.925. The molecular weight excluding hydrogens is 281 g/mol. The van der Waals surface area contributed by atoms with Crippen LogP contribution in [0, 0.1) is 11.2 Å². The molecule has 1 saturated heterocycles. The molecule has 1 aliphatic rings. The van der Waals surface area contributed by atoms with E-state index >= 15 is 0 Å². The second-order valence-corrected chi connectivity index (χ2v) is 6.57. The van der Waals surface area contributed by atoms with E-state index in [1.54, 1.807) is 18.2 Å². The minimum absolute atomic E-state index is 0.153. The van der Waals surface area contributed by atoms with Crippen LogP contribution >= 0.6 is 0 Å². The van der Waals surface area contributed by atoms with Crippen LogP contribution in [-0.4, -0.2) is 42.1 Å². The molecule has 122 valence electrons. The molecule has 0 radical (unpaired) electrons. The molecule has 0 amide bonds. The molecule has 1 heterocycles. The van der Waals surface area contributed by atoms with Gasteiger partial charge in [-0.3, -0.25) is 4.99 Å². The Morgan fingerprint density at radius 2 is 2.18 bits per heavy atom. The number of halogens is 1. The van der Waals surface area contributed by atoms with Crippen LogP contribution in [0.25, 0.3) is 0 Å². The number of hydrogen-bond donors (Lipinski definition) is 2. The lowest BCUT2D eigenvalue weighted by atomic mass is 9.93. The van der Waals surface area contributed by atoms with Gasteiger partial charge in [0.05, 0.1) is 6.54 Å². The maximum atomic E-state index is 13.7. The summed E-state index contributed by atoms with van der Waals surface area (Å²) in [7, 11) is 0. The molecule has 4 nitrogen and oxygen atoms in total. The van der Waals surface area contributed by atoms with Crippen LogP contribution in [0.15, 0.2) is 29.3 Å². The number of likely N-dealkylation sites (tertiary alicyclic amines) is 1. The highest BCUT2D eigenvalue weighted by Gasteiger charge is 2.31. The summed E-state index contributed by atoms with van der Waals surface area (Å²) in [5.74, 6) is 0.404.